The number of carbonyl (C=O) groups is 4. The zero-order chi connectivity index (χ0) is 32.1. The summed E-state index contributed by atoms with van der Waals surface area (Å²) in [6.07, 6.45) is 3.23. The fourth-order valence-corrected chi connectivity index (χ4v) is 3.83. The predicted molar refractivity (Wildman–Crippen MR) is 156 cm³/mol. The van der Waals surface area contributed by atoms with Gasteiger partial charge in [-0.1, -0.05) is 12.1 Å². The second kappa shape index (κ2) is 16.1. The Labute approximate surface area is 244 Å². The number of H-pyrrole nitrogens is 2. The lowest BCUT2D eigenvalue weighted by molar-refractivity contribution is -0.141. The number of nitrogens with one attached hydrogen (secondary N) is 3. The van der Waals surface area contributed by atoms with E-state index in [1.165, 1.54) is 0 Å². The number of aliphatic imine (C=N–C) groups is 1. The molecule has 2 heterocycles. The Morgan fingerprint density at radius 3 is 2.26 bits per heavy atom. The summed E-state index contributed by atoms with van der Waals surface area (Å²) in [6, 6.07) is 4.48. The molecule has 0 spiro atoms. The van der Waals surface area contributed by atoms with E-state index >= 15 is 0 Å². The minimum Gasteiger partial charge on any atom is -0.481 e. The number of hydrogen-bond acceptors (Lipinski definition) is 9. The third-order valence-electron chi connectivity index (χ3n) is 6.08. The van der Waals surface area contributed by atoms with E-state index in [1.54, 1.807) is 30.5 Å². The van der Waals surface area contributed by atoms with Crippen molar-refractivity contribution in [3.05, 3.63) is 57.5 Å². The number of nitrogens with two attached hydrogens (primary N) is 4. The summed E-state index contributed by atoms with van der Waals surface area (Å²) in [5.41, 5.74) is 22.9. The highest BCUT2D eigenvalue weighted by Gasteiger charge is 2.21. The van der Waals surface area contributed by atoms with Gasteiger partial charge in [-0.15, -0.1) is 0 Å². The molecule has 0 aliphatic heterocycles. The van der Waals surface area contributed by atoms with Crippen molar-refractivity contribution in [3.8, 4) is 0 Å². The maximum atomic E-state index is 12.3. The van der Waals surface area contributed by atoms with Crippen LogP contribution in [0.25, 0.3) is 11.0 Å². The predicted octanol–water partition coefficient (Wildman–Crippen LogP) is -0.882. The van der Waals surface area contributed by atoms with Gasteiger partial charge in [0.15, 0.2) is 5.96 Å². The van der Waals surface area contributed by atoms with Crippen LogP contribution in [0, 0.1) is 0 Å². The third kappa shape index (κ3) is 11.2. The highest BCUT2D eigenvalue weighted by Crippen LogP contribution is 2.16. The van der Waals surface area contributed by atoms with Crippen molar-refractivity contribution in [2.45, 2.75) is 50.6 Å². The molecule has 0 radical (unpaired) electrons. The van der Waals surface area contributed by atoms with E-state index in [0.29, 0.717) is 43.3 Å². The number of carbonyl (C=O) groups excluding carboxylic acids is 1. The first-order chi connectivity index (χ1) is 20.3. The summed E-state index contributed by atoms with van der Waals surface area (Å²) in [6.45, 7) is 0.420. The van der Waals surface area contributed by atoms with E-state index in [2.05, 4.69) is 25.3 Å². The highest BCUT2D eigenvalue weighted by molar-refractivity contribution is 5.96. The molecule has 0 saturated carbocycles. The Hall–Kier alpha value is -5.45. The Bertz CT molecular complexity index is 1510. The number of nitrogens with zero attached hydrogens (tertiary/aromatic N) is 2. The Morgan fingerprint density at radius 2 is 1.67 bits per heavy atom. The molecule has 0 aliphatic carbocycles. The fraction of sp³-hybridized carbons (Fsp3) is 0.346. The van der Waals surface area contributed by atoms with Crippen molar-refractivity contribution in [3.63, 3.8) is 0 Å². The maximum Gasteiger partial charge on any atom is 0.326 e. The fourth-order valence-electron chi connectivity index (χ4n) is 3.83. The van der Waals surface area contributed by atoms with E-state index in [1.807, 2.05) is 0 Å². The normalized spacial score (nSPS) is 11.9. The monoisotopic (exact) mass is 601 g/mol. The SMILES string of the molecule is NC(N)=NCCC[C@@H](N)C(=O)O.Nc1nc2[nH]cc(CCc3ccc(C(=O)N[C@@H](CCC(=O)O)C(=O)O)cc3)c2c(=O)[nH]1. The molecule has 0 fully saturated rings. The summed E-state index contributed by atoms with van der Waals surface area (Å²) in [7, 11) is 0. The van der Waals surface area contributed by atoms with Gasteiger partial charge in [-0.05, 0) is 55.4 Å². The molecule has 14 N–H and O–H groups in total. The molecule has 1 aromatic carbocycles. The Morgan fingerprint density at radius 1 is 1.00 bits per heavy atom. The molecule has 0 saturated heterocycles. The van der Waals surface area contributed by atoms with Gasteiger partial charge in [-0.3, -0.25) is 29.2 Å². The van der Waals surface area contributed by atoms with Crippen LogP contribution < -0.4 is 33.8 Å². The zero-order valence-electron chi connectivity index (χ0n) is 23.1. The van der Waals surface area contributed by atoms with Gasteiger partial charge >= 0.3 is 17.9 Å². The number of fused-ring (bicyclic) bond motifs is 1. The van der Waals surface area contributed by atoms with Crippen LogP contribution in [0.1, 0.15) is 47.2 Å². The number of rotatable bonds is 14. The van der Waals surface area contributed by atoms with Gasteiger partial charge in [-0.2, -0.15) is 4.98 Å². The number of amides is 1. The zero-order valence-corrected chi connectivity index (χ0v) is 23.1. The quantitative estimate of drug-likeness (QED) is 0.0610. The second-order valence-electron chi connectivity index (χ2n) is 9.38. The number of hydrogen-bond donors (Lipinski definition) is 10. The van der Waals surface area contributed by atoms with E-state index in [-0.39, 0.29) is 35.9 Å². The van der Waals surface area contributed by atoms with Gasteiger partial charge in [0, 0.05) is 24.7 Å². The van der Waals surface area contributed by atoms with Crippen LogP contribution in [0.15, 0.2) is 40.2 Å². The number of carboxylic acids is 3. The maximum absolute atomic E-state index is 12.3. The van der Waals surface area contributed by atoms with E-state index in [0.717, 1.165) is 11.1 Å². The van der Waals surface area contributed by atoms with Crippen LogP contribution in [0.4, 0.5) is 5.95 Å². The molecule has 1 amide bonds. The van der Waals surface area contributed by atoms with Crippen LogP contribution in [0.2, 0.25) is 0 Å². The van der Waals surface area contributed by atoms with Crippen LogP contribution in [-0.4, -0.2) is 78.7 Å². The average molecular weight is 602 g/mol. The number of benzene rings is 1. The van der Waals surface area contributed by atoms with Crippen LogP contribution in [0.5, 0.6) is 0 Å². The molecule has 17 heteroatoms. The molecule has 43 heavy (non-hydrogen) atoms. The first-order valence-electron chi connectivity index (χ1n) is 13.0. The van der Waals surface area contributed by atoms with Crippen LogP contribution >= 0.6 is 0 Å². The van der Waals surface area contributed by atoms with Gasteiger partial charge < -0.3 is 48.6 Å². The van der Waals surface area contributed by atoms with Gasteiger partial charge in [0.2, 0.25) is 5.95 Å². The summed E-state index contributed by atoms with van der Waals surface area (Å²) in [4.78, 5) is 69.6. The van der Waals surface area contributed by atoms with Crippen molar-refractivity contribution < 1.29 is 34.5 Å². The van der Waals surface area contributed by atoms with Crippen molar-refractivity contribution in [2.75, 3.05) is 12.3 Å². The Kier molecular flexibility index (Phi) is 12.6. The van der Waals surface area contributed by atoms with Crippen molar-refractivity contribution in [2.24, 2.45) is 22.2 Å². The van der Waals surface area contributed by atoms with Gasteiger partial charge in [0.05, 0.1) is 5.39 Å². The number of aromatic nitrogens is 3. The first kappa shape index (κ1) is 33.8. The molecule has 2 aromatic heterocycles. The number of carboxylic acid groups (broad SMARTS) is 3. The molecule has 0 aliphatic rings. The highest BCUT2D eigenvalue weighted by atomic mass is 16.4. The van der Waals surface area contributed by atoms with Crippen LogP contribution in [0.3, 0.4) is 0 Å². The van der Waals surface area contributed by atoms with Crippen molar-refractivity contribution in [1.29, 1.82) is 0 Å². The lowest BCUT2D eigenvalue weighted by Gasteiger charge is -2.13. The number of aromatic amines is 2. The van der Waals surface area contributed by atoms with Crippen molar-refractivity contribution >= 4 is 46.8 Å². The molecule has 3 aromatic rings. The summed E-state index contributed by atoms with van der Waals surface area (Å²) in [5.74, 6) is -3.99. The van der Waals surface area contributed by atoms with Crippen molar-refractivity contribution in [1.82, 2.24) is 20.3 Å². The molecular formula is C26H35N9O8. The molecule has 0 unspecified atom stereocenters. The van der Waals surface area contributed by atoms with Crippen LogP contribution in [-0.2, 0) is 27.2 Å². The third-order valence-corrected chi connectivity index (χ3v) is 6.08. The van der Waals surface area contributed by atoms with E-state index in [9.17, 15) is 24.0 Å². The summed E-state index contributed by atoms with van der Waals surface area (Å²) >= 11 is 0. The van der Waals surface area contributed by atoms with Gasteiger partial charge in [0.25, 0.3) is 11.5 Å². The smallest absolute Gasteiger partial charge is 0.326 e. The minimum atomic E-state index is -1.30. The lowest BCUT2D eigenvalue weighted by atomic mass is 10.0. The molecular weight excluding hydrogens is 566 g/mol. The standard InChI is InChI=1S/C20H21N5O6.C6H14N4O2/c21-20-24-16-15(18(29)25-20)12(9-22-16)6-3-10-1-4-11(5-2-10)17(28)23-13(19(30)31)7-8-14(26)27;7-4(5(11)12)2-1-3-10-6(8)9/h1-2,4-5,9,13H,3,6-8H2,(H,23,28)(H,26,27)(H,30,31)(H4,21,22,24,25,29);4H,1-3,7H2,(H,11,12)(H4,8,9,10)/t13-;4-/m01/s1. The number of guanidine groups is 1. The Balaban J connectivity index is 0.000000455. The van der Waals surface area contributed by atoms with Gasteiger partial charge in [0.1, 0.15) is 17.7 Å². The number of aryl methyl sites for hydroxylation is 2. The average Bonchev–Trinajstić information content (AvgIpc) is 3.35. The minimum absolute atomic E-state index is 0.0129. The summed E-state index contributed by atoms with van der Waals surface area (Å²) in [5, 5.41) is 29.0. The molecule has 3 rings (SSSR count). The largest absolute Gasteiger partial charge is 0.481 e. The summed E-state index contributed by atoms with van der Waals surface area (Å²) < 4.78 is 0. The number of aliphatic carboxylic acids is 3. The topological polar surface area (TPSA) is 319 Å². The van der Waals surface area contributed by atoms with E-state index < -0.39 is 35.9 Å². The number of anilines is 1. The number of nitrogen functional groups attached to an aromatic ring is 1. The van der Waals surface area contributed by atoms with E-state index in [4.69, 9.17) is 38.3 Å². The molecule has 0 bridgehead atoms. The molecule has 17 nitrogen and oxygen atoms in total. The second-order valence-corrected chi connectivity index (χ2v) is 9.38. The van der Waals surface area contributed by atoms with Gasteiger partial charge in [-0.25, -0.2) is 4.79 Å². The lowest BCUT2D eigenvalue weighted by Crippen LogP contribution is -2.41. The first-order valence-corrected chi connectivity index (χ1v) is 13.0. The molecule has 2 atom stereocenters. The molecule has 232 valence electrons.